The van der Waals surface area contributed by atoms with E-state index in [1.165, 1.54) is 7.11 Å². The lowest BCUT2D eigenvalue weighted by molar-refractivity contribution is -0.117. The first-order chi connectivity index (χ1) is 10.1. The Balaban J connectivity index is 1.96. The van der Waals surface area contributed by atoms with Gasteiger partial charge in [0.1, 0.15) is 5.75 Å². The molecule has 0 aliphatic heterocycles. The monoisotopic (exact) mass is 288 g/mol. The first-order valence-electron chi connectivity index (χ1n) is 6.98. The van der Waals surface area contributed by atoms with Crippen LogP contribution in [0, 0.1) is 11.3 Å². The number of carbonyl (C=O) groups is 1. The summed E-state index contributed by atoms with van der Waals surface area (Å²) in [5.41, 5.74) is 6.87. The summed E-state index contributed by atoms with van der Waals surface area (Å²) in [5, 5.41) is 11.5. The second kappa shape index (κ2) is 6.95. The minimum atomic E-state index is -0.108. The molecule has 0 spiro atoms. The van der Waals surface area contributed by atoms with Gasteiger partial charge in [-0.05, 0) is 25.0 Å². The van der Waals surface area contributed by atoms with E-state index in [-0.39, 0.29) is 5.91 Å². The van der Waals surface area contributed by atoms with E-state index in [1.54, 1.807) is 18.2 Å². The maximum Gasteiger partial charge on any atom is 0.238 e. The summed E-state index contributed by atoms with van der Waals surface area (Å²) in [6, 6.07) is 7.67. The molecule has 1 aliphatic carbocycles. The Labute approximate surface area is 124 Å². The third-order valence-corrected chi connectivity index (χ3v) is 3.42. The highest BCUT2D eigenvalue weighted by atomic mass is 16.5. The molecule has 6 nitrogen and oxygen atoms in total. The van der Waals surface area contributed by atoms with Crippen LogP contribution in [0.25, 0.3) is 0 Å². The average molecular weight is 288 g/mol. The molecule has 1 saturated carbocycles. The molecule has 1 aromatic carbocycles. The number of anilines is 2. The van der Waals surface area contributed by atoms with Gasteiger partial charge in [-0.2, -0.15) is 5.26 Å². The number of amides is 1. The number of ether oxygens (including phenoxy) is 1. The number of benzene rings is 1. The molecule has 2 rings (SSSR count). The first kappa shape index (κ1) is 15.1. The molecule has 112 valence electrons. The summed E-state index contributed by atoms with van der Waals surface area (Å²) in [6.45, 7) is 0.924. The van der Waals surface area contributed by atoms with Crippen LogP contribution >= 0.6 is 0 Å². The molecule has 0 unspecified atom stereocenters. The lowest BCUT2D eigenvalue weighted by Gasteiger charge is -2.20. The molecule has 0 aromatic heterocycles. The van der Waals surface area contributed by atoms with Crippen LogP contribution in [-0.2, 0) is 4.79 Å². The van der Waals surface area contributed by atoms with Crippen LogP contribution in [0.15, 0.2) is 18.2 Å². The molecule has 1 amide bonds. The van der Waals surface area contributed by atoms with E-state index in [0.29, 0.717) is 42.7 Å². The predicted octanol–water partition coefficient (Wildman–Crippen LogP) is 1.59. The van der Waals surface area contributed by atoms with Crippen molar-refractivity contribution in [3.63, 3.8) is 0 Å². The first-order valence-corrected chi connectivity index (χ1v) is 6.98. The lowest BCUT2D eigenvalue weighted by atomic mass is 10.2. The van der Waals surface area contributed by atoms with E-state index in [1.807, 2.05) is 0 Å². The maximum atomic E-state index is 12.1. The number of methoxy groups -OCH3 is 1. The molecule has 0 heterocycles. The molecule has 1 aliphatic rings. The van der Waals surface area contributed by atoms with E-state index in [9.17, 15) is 4.79 Å². The number of rotatable bonds is 7. The molecule has 0 radical (unpaired) electrons. The fraction of sp³-hybridized carbons (Fsp3) is 0.467. The van der Waals surface area contributed by atoms with E-state index < -0.39 is 0 Å². The Morgan fingerprint density at radius 3 is 2.95 bits per heavy atom. The third kappa shape index (κ3) is 4.36. The number of nitriles is 1. The Morgan fingerprint density at radius 2 is 2.33 bits per heavy atom. The topological polar surface area (TPSA) is 91.4 Å². The zero-order valence-corrected chi connectivity index (χ0v) is 12.1. The molecule has 1 aromatic rings. The smallest absolute Gasteiger partial charge is 0.238 e. The van der Waals surface area contributed by atoms with Crippen molar-refractivity contribution in [3.8, 4) is 11.8 Å². The second-order valence-corrected chi connectivity index (χ2v) is 5.12. The summed E-state index contributed by atoms with van der Waals surface area (Å²) in [5.74, 6) is 0.432. The van der Waals surface area contributed by atoms with E-state index in [0.717, 1.165) is 12.8 Å². The molecule has 3 N–H and O–H groups in total. The molecule has 21 heavy (non-hydrogen) atoms. The fourth-order valence-electron chi connectivity index (χ4n) is 2.21. The zero-order valence-electron chi connectivity index (χ0n) is 12.1. The van der Waals surface area contributed by atoms with Crippen LogP contribution < -0.4 is 15.8 Å². The number of hydrogen-bond acceptors (Lipinski definition) is 5. The third-order valence-electron chi connectivity index (χ3n) is 3.42. The van der Waals surface area contributed by atoms with Crippen LogP contribution in [0.3, 0.4) is 0 Å². The Bertz CT molecular complexity index is 549. The summed E-state index contributed by atoms with van der Waals surface area (Å²) in [4.78, 5) is 14.2. The molecule has 1 fully saturated rings. The minimum Gasteiger partial charge on any atom is -0.494 e. The number of nitrogens with two attached hydrogens (primary N) is 1. The fourth-order valence-corrected chi connectivity index (χ4v) is 2.21. The summed E-state index contributed by atoms with van der Waals surface area (Å²) >= 11 is 0. The standard InChI is InChI=1S/C15H20N4O2/c1-21-14-9-11(17)3-6-13(14)18-15(20)10-19(8-2-7-16)12-4-5-12/h3,6,9,12H,2,4-5,8,10,17H2,1H3,(H,18,20). The van der Waals surface area contributed by atoms with Crippen molar-refractivity contribution >= 4 is 17.3 Å². The van der Waals surface area contributed by atoms with Gasteiger partial charge in [0.2, 0.25) is 5.91 Å². The SMILES string of the molecule is COc1cc(N)ccc1NC(=O)CN(CCC#N)C1CC1. The Morgan fingerprint density at radius 1 is 1.57 bits per heavy atom. The summed E-state index contributed by atoms with van der Waals surface area (Å²) in [7, 11) is 1.54. The van der Waals surface area contributed by atoms with Crippen molar-refractivity contribution in [2.24, 2.45) is 0 Å². The van der Waals surface area contributed by atoms with Crippen molar-refractivity contribution in [3.05, 3.63) is 18.2 Å². The molecule has 0 atom stereocenters. The maximum absolute atomic E-state index is 12.1. The highest BCUT2D eigenvalue weighted by Gasteiger charge is 2.29. The van der Waals surface area contributed by atoms with Crippen LogP contribution in [0.1, 0.15) is 19.3 Å². The number of hydrogen-bond donors (Lipinski definition) is 2. The number of nitrogens with zero attached hydrogens (tertiary/aromatic N) is 2. The van der Waals surface area contributed by atoms with Gasteiger partial charge in [-0.1, -0.05) is 0 Å². The van der Waals surface area contributed by atoms with Crippen LogP contribution in [0.2, 0.25) is 0 Å². The molecule has 0 saturated heterocycles. The zero-order chi connectivity index (χ0) is 15.2. The van der Waals surface area contributed by atoms with Crippen molar-refractivity contribution in [1.29, 1.82) is 5.26 Å². The van der Waals surface area contributed by atoms with E-state index in [2.05, 4.69) is 16.3 Å². The van der Waals surface area contributed by atoms with Crippen molar-refractivity contribution in [1.82, 2.24) is 4.90 Å². The highest BCUT2D eigenvalue weighted by molar-refractivity contribution is 5.94. The van der Waals surface area contributed by atoms with Crippen molar-refractivity contribution in [2.45, 2.75) is 25.3 Å². The number of nitrogen functional groups attached to an aromatic ring is 1. The van der Waals surface area contributed by atoms with Crippen LogP contribution in [0.5, 0.6) is 5.75 Å². The minimum absolute atomic E-state index is 0.108. The molecule has 0 bridgehead atoms. The lowest BCUT2D eigenvalue weighted by Crippen LogP contribution is -2.35. The molecule has 6 heteroatoms. The van der Waals surface area contributed by atoms with E-state index in [4.69, 9.17) is 15.7 Å². The summed E-state index contributed by atoms with van der Waals surface area (Å²) < 4.78 is 5.21. The normalized spacial score (nSPS) is 13.8. The van der Waals surface area contributed by atoms with Gasteiger partial charge in [0.05, 0.1) is 25.4 Å². The van der Waals surface area contributed by atoms with Gasteiger partial charge in [0, 0.05) is 30.8 Å². The highest BCUT2D eigenvalue weighted by Crippen LogP contribution is 2.28. The predicted molar refractivity (Wildman–Crippen MR) is 80.9 cm³/mol. The van der Waals surface area contributed by atoms with Crippen molar-refractivity contribution in [2.75, 3.05) is 31.2 Å². The molecular weight excluding hydrogens is 268 g/mol. The van der Waals surface area contributed by atoms with Gasteiger partial charge in [-0.25, -0.2) is 0 Å². The summed E-state index contributed by atoms with van der Waals surface area (Å²) in [6.07, 6.45) is 2.64. The van der Waals surface area contributed by atoms with Gasteiger partial charge in [-0.3, -0.25) is 9.69 Å². The average Bonchev–Trinajstić information content (AvgIpc) is 3.30. The van der Waals surface area contributed by atoms with Crippen molar-refractivity contribution < 1.29 is 9.53 Å². The quantitative estimate of drug-likeness (QED) is 0.743. The number of carbonyl (C=O) groups excluding carboxylic acids is 1. The Kier molecular flexibility index (Phi) is 5.01. The van der Waals surface area contributed by atoms with E-state index >= 15 is 0 Å². The Hall–Kier alpha value is -2.26. The van der Waals surface area contributed by atoms with Crippen LogP contribution in [-0.4, -0.2) is 37.0 Å². The van der Waals surface area contributed by atoms with Crippen LogP contribution in [0.4, 0.5) is 11.4 Å². The van der Waals surface area contributed by atoms with Gasteiger partial charge < -0.3 is 15.8 Å². The van der Waals surface area contributed by atoms with Gasteiger partial charge in [-0.15, -0.1) is 0 Å². The largest absolute Gasteiger partial charge is 0.494 e. The van der Waals surface area contributed by atoms with Gasteiger partial charge >= 0.3 is 0 Å². The van der Waals surface area contributed by atoms with Gasteiger partial charge in [0.25, 0.3) is 0 Å². The number of nitrogens with one attached hydrogen (secondary N) is 1. The second-order valence-electron chi connectivity index (χ2n) is 5.12. The van der Waals surface area contributed by atoms with Gasteiger partial charge in [0.15, 0.2) is 0 Å². The molecular formula is C15H20N4O2.